The summed E-state index contributed by atoms with van der Waals surface area (Å²) in [7, 11) is 0. The number of benzene rings is 2. The summed E-state index contributed by atoms with van der Waals surface area (Å²) in [5.41, 5.74) is 1.06. The van der Waals surface area contributed by atoms with Gasteiger partial charge in [0.15, 0.2) is 0 Å². The zero-order valence-electron chi connectivity index (χ0n) is 12.5. The topological polar surface area (TPSA) is 44.1 Å². The molecule has 0 saturated heterocycles. The van der Waals surface area contributed by atoms with E-state index < -0.39 is 17.7 Å². The maximum Gasteiger partial charge on any atom is 0.416 e. The predicted octanol–water partition coefficient (Wildman–Crippen LogP) is 3.80. The van der Waals surface area contributed by atoms with Crippen molar-refractivity contribution in [2.24, 2.45) is 0 Å². The van der Waals surface area contributed by atoms with Crippen LogP contribution in [0.3, 0.4) is 0 Å². The molecule has 0 radical (unpaired) electrons. The zero-order chi connectivity index (χ0) is 17.2. The molecule has 0 fully saturated rings. The number of esters is 1. The molecule has 1 aromatic heterocycles. The first-order valence-electron chi connectivity index (χ1n) is 7.15. The minimum absolute atomic E-state index is 0.0561. The van der Waals surface area contributed by atoms with Gasteiger partial charge in [-0.2, -0.15) is 13.2 Å². The fourth-order valence-electron chi connectivity index (χ4n) is 2.32. The third-order valence-corrected chi connectivity index (χ3v) is 3.48. The number of nitrogens with zero attached hydrogens (tertiary/aromatic N) is 2. The summed E-state index contributed by atoms with van der Waals surface area (Å²) in [4.78, 5) is 16.1. The molecule has 1 heterocycles. The second-order valence-corrected chi connectivity index (χ2v) is 5.22. The molecule has 0 amide bonds. The number of alkyl halides is 3. The van der Waals surface area contributed by atoms with Crippen LogP contribution in [0.1, 0.15) is 11.1 Å². The van der Waals surface area contributed by atoms with Gasteiger partial charge in [0.2, 0.25) is 0 Å². The van der Waals surface area contributed by atoms with Crippen molar-refractivity contribution in [2.45, 2.75) is 19.3 Å². The summed E-state index contributed by atoms with van der Waals surface area (Å²) >= 11 is 0. The van der Waals surface area contributed by atoms with E-state index in [-0.39, 0.29) is 18.7 Å². The number of fused-ring (bicyclic) bond motifs is 1. The van der Waals surface area contributed by atoms with Crippen molar-refractivity contribution in [3.05, 3.63) is 66.0 Å². The standard InChI is InChI=1S/C17H13F3N2O2/c18-17(19,20)13-5-3-4-12(8-13)10-24-16(23)9-22-11-21-14-6-1-2-7-15(14)22/h1-8,11H,9-10H2. The highest BCUT2D eigenvalue weighted by Crippen LogP contribution is 2.29. The molecule has 3 aromatic rings. The molecule has 0 atom stereocenters. The van der Waals surface area contributed by atoms with Gasteiger partial charge in [-0.3, -0.25) is 4.79 Å². The van der Waals surface area contributed by atoms with E-state index >= 15 is 0 Å². The molecular weight excluding hydrogens is 321 g/mol. The first-order valence-corrected chi connectivity index (χ1v) is 7.15. The Morgan fingerprint density at radius 2 is 1.92 bits per heavy atom. The summed E-state index contributed by atoms with van der Waals surface area (Å²) in [6.07, 6.45) is -2.90. The van der Waals surface area contributed by atoms with Crippen molar-refractivity contribution in [3.63, 3.8) is 0 Å². The Labute approximate surface area is 135 Å². The van der Waals surface area contributed by atoms with E-state index in [9.17, 15) is 18.0 Å². The molecule has 3 rings (SSSR count). The molecule has 0 spiro atoms. The lowest BCUT2D eigenvalue weighted by Gasteiger charge is -2.09. The first-order chi connectivity index (χ1) is 11.4. The molecule has 2 aromatic carbocycles. The van der Waals surface area contributed by atoms with Gasteiger partial charge in [-0.05, 0) is 29.8 Å². The van der Waals surface area contributed by atoms with Gasteiger partial charge < -0.3 is 9.30 Å². The van der Waals surface area contributed by atoms with Gasteiger partial charge in [0.1, 0.15) is 13.2 Å². The Morgan fingerprint density at radius 1 is 1.12 bits per heavy atom. The molecular formula is C17H13F3N2O2. The third-order valence-electron chi connectivity index (χ3n) is 3.48. The Kier molecular flexibility index (Phi) is 4.24. The second kappa shape index (κ2) is 6.35. The molecule has 0 bridgehead atoms. The van der Waals surface area contributed by atoms with Crippen molar-refractivity contribution < 1.29 is 22.7 Å². The number of ether oxygens (including phenoxy) is 1. The molecule has 0 unspecified atom stereocenters. The van der Waals surface area contributed by atoms with Crippen molar-refractivity contribution in [1.29, 1.82) is 0 Å². The lowest BCUT2D eigenvalue weighted by Crippen LogP contribution is -2.13. The van der Waals surface area contributed by atoms with Gasteiger partial charge >= 0.3 is 12.1 Å². The smallest absolute Gasteiger partial charge is 0.416 e. The van der Waals surface area contributed by atoms with E-state index in [1.54, 1.807) is 4.57 Å². The lowest BCUT2D eigenvalue weighted by atomic mass is 10.1. The molecule has 24 heavy (non-hydrogen) atoms. The van der Waals surface area contributed by atoms with Gasteiger partial charge in [-0.1, -0.05) is 24.3 Å². The number of carbonyl (C=O) groups is 1. The number of imidazole rings is 1. The number of hydrogen-bond donors (Lipinski definition) is 0. The zero-order valence-corrected chi connectivity index (χ0v) is 12.5. The molecule has 124 valence electrons. The molecule has 0 N–H and O–H groups in total. The largest absolute Gasteiger partial charge is 0.459 e. The monoisotopic (exact) mass is 334 g/mol. The maximum atomic E-state index is 12.6. The highest BCUT2D eigenvalue weighted by molar-refractivity contribution is 5.78. The van der Waals surface area contributed by atoms with Gasteiger partial charge in [-0.15, -0.1) is 0 Å². The van der Waals surface area contributed by atoms with E-state index in [2.05, 4.69) is 4.98 Å². The van der Waals surface area contributed by atoms with E-state index in [1.807, 2.05) is 24.3 Å². The molecule has 0 saturated carbocycles. The van der Waals surface area contributed by atoms with E-state index in [0.717, 1.165) is 23.2 Å². The predicted molar refractivity (Wildman–Crippen MR) is 81.0 cm³/mol. The quantitative estimate of drug-likeness (QED) is 0.682. The fourth-order valence-corrected chi connectivity index (χ4v) is 2.32. The minimum Gasteiger partial charge on any atom is -0.459 e. The highest BCUT2D eigenvalue weighted by atomic mass is 19.4. The third kappa shape index (κ3) is 3.56. The Bertz CT molecular complexity index is 871. The summed E-state index contributed by atoms with van der Waals surface area (Å²) in [6.45, 7) is -0.269. The van der Waals surface area contributed by atoms with Crippen LogP contribution in [0.2, 0.25) is 0 Å². The van der Waals surface area contributed by atoms with E-state index in [0.29, 0.717) is 0 Å². The molecule has 4 nitrogen and oxygen atoms in total. The van der Waals surface area contributed by atoms with Crippen LogP contribution >= 0.6 is 0 Å². The number of aromatic nitrogens is 2. The Balaban J connectivity index is 1.64. The van der Waals surface area contributed by atoms with Crippen molar-refractivity contribution in [2.75, 3.05) is 0 Å². The number of hydrogen-bond acceptors (Lipinski definition) is 3. The molecule has 0 aliphatic heterocycles. The van der Waals surface area contributed by atoms with Gasteiger partial charge in [0.25, 0.3) is 0 Å². The van der Waals surface area contributed by atoms with E-state index in [4.69, 9.17) is 4.74 Å². The van der Waals surface area contributed by atoms with Crippen LogP contribution in [0, 0.1) is 0 Å². The Morgan fingerprint density at radius 3 is 2.71 bits per heavy atom. The normalized spacial score (nSPS) is 11.6. The van der Waals surface area contributed by atoms with Crippen LogP contribution in [0.5, 0.6) is 0 Å². The van der Waals surface area contributed by atoms with Gasteiger partial charge in [0.05, 0.1) is 22.9 Å². The second-order valence-electron chi connectivity index (χ2n) is 5.22. The molecule has 7 heteroatoms. The van der Waals surface area contributed by atoms with Crippen LogP contribution < -0.4 is 0 Å². The molecule has 0 aliphatic carbocycles. The van der Waals surface area contributed by atoms with Crippen LogP contribution in [0.15, 0.2) is 54.9 Å². The minimum atomic E-state index is -4.42. The summed E-state index contributed by atoms with van der Waals surface area (Å²) < 4.78 is 44.6. The van der Waals surface area contributed by atoms with Crippen LogP contribution in [0.25, 0.3) is 11.0 Å². The van der Waals surface area contributed by atoms with Crippen LogP contribution in [-0.4, -0.2) is 15.5 Å². The average molecular weight is 334 g/mol. The number of rotatable bonds is 4. The SMILES string of the molecule is O=C(Cn1cnc2ccccc21)OCc1cccc(C(F)(F)F)c1. The van der Waals surface area contributed by atoms with Crippen molar-refractivity contribution >= 4 is 17.0 Å². The summed E-state index contributed by atoms with van der Waals surface area (Å²) in [5.74, 6) is -0.546. The first kappa shape index (κ1) is 16.0. The maximum absolute atomic E-state index is 12.6. The summed E-state index contributed by atoms with van der Waals surface area (Å²) in [6, 6.07) is 12.0. The van der Waals surface area contributed by atoms with Crippen LogP contribution in [0.4, 0.5) is 13.2 Å². The number of carbonyl (C=O) groups excluding carboxylic acids is 1. The van der Waals surface area contributed by atoms with Gasteiger partial charge in [-0.25, -0.2) is 4.98 Å². The van der Waals surface area contributed by atoms with Crippen molar-refractivity contribution in [1.82, 2.24) is 9.55 Å². The molecule has 0 aliphatic rings. The fraction of sp³-hybridized carbons (Fsp3) is 0.176. The highest BCUT2D eigenvalue weighted by Gasteiger charge is 2.30. The van der Waals surface area contributed by atoms with E-state index in [1.165, 1.54) is 18.5 Å². The summed E-state index contributed by atoms with van der Waals surface area (Å²) in [5, 5.41) is 0. The Hall–Kier alpha value is -2.83. The average Bonchev–Trinajstić information content (AvgIpc) is 2.96. The van der Waals surface area contributed by atoms with Crippen molar-refractivity contribution in [3.8, 4) is 0 Å². The van der Waals surface area contributed by atoms with Crippen LogP contribution in [-0.2, 0) is 28.9 Å². The lowest BCUT2D eigenvalue weighted by molar-refractivity contribution is -0.145. The van der Waals surface area contributed by atoms with Gasteiger partial charge in [0, 0.05) is 0 Å². The number of halogens is 3. The number of para-hydroxylation sites is 2.